The molecule has 2 N–H and O–H groups in total. The number of anilines is 1. The van der Waals surface area contributed by atoms with Gasteiger partial charge in [-0.1, -0.05) is 38.1 Å². The van der Waals surface area contributed by atoms with E-state index in [1.807, 2.05) is 36.4 Å². The van der Waals surface area contributed by atoms with E-state index < -0.39 is 0 Å². The highest BCUT2D eigenvalue weighted by atomic mass is 19.1. The molecule has 0 aliphatic carbocycles. The van der Waals surface area contributed by atoms with Crippen molar-refractivity contribution in [2.45, 2.75) is 19.3 Å². The molecule has 0 aromatic heterocycles. The number of nitrogens with one attached hydrogen (secondary N) is 1. The van der Waals surface area contributed by atoms with Crippen LogP contribution in [0.4, 0.5) is 10.1 Å². The van der Waals surface area contributed by atoms with Gasteiger partial charge >= 0.3 is 0 Å². The maximum Gasteiger partial charge on any atom is 0.255 e. The number of carbonyl (C=O) groups excluding carboxylic acids is 1. The predicted molar refractivity (Wildman–Crippen MR) is 101 cm³/mol. The van der Waals surface area contributed by atoms with E-state index in [4.69, 9.17) is 0 Å². The smallest absolute Gasteiger partial charge is 0.255 e. The molecule has 3 rings (SSSR count). The van der Waals surface area contributed by atoms with E-state index in [9.17, 15) is 14.3 Å². The Bertz CT molecular complexity index is 898. The van der Waals surface area contributed by atoms with Crippen molar-refractivity contribution in [2.24, 2.45) is 0 Å². The zero-order valence-electron chi connectivity index (χ0n) is 14.7. The minimum absolute atomic E-state index is 0.239. The topological polar surface area (TPSA) is 49.3 Å². The molecule has 0 heterocycles. The third kappa shape index (κ3) is 3.75. The second-order valence-corrected chi connectivity index (χ2v) is 6.71. The summed E-state index contributed by atoms with van der Waals surface area (Å²) in [7, 11) is 0. The number of hydrogen-bond donors (Lipinski definition) is 2. The summed E-state index contributed by atoms with van der Waals surface area (Å²) in [6, 6.07) is 20.2. The molecule has 0 atom stereocenters. The van der Waals surface area contributed by atoms with Crippen LogP contribution in [-0.4, -0.2) is 11.0 Å². The highest BCUT2D eigenvalue weighted by Gasteiger charge is 2.23. The SMILES string of the molecule is CC(C)(c1ccc(O)cc1)c1ccc(NC(=O)c2ccc(F)cc2)cc1. The molecule has 26 heavy (non-hydrogen) atoms. The number of amides is 1. The molecule has 0 bridgehead atoms. The van der Waals surface area contributed by atoms with Crippen molar-refractivity contribution in [1.82, 2.24) is 0 Å². The van der Waals surface area contributed by atoms with E-state index in [0.717, 1.165) is 11.1 Å². The van der Waals surface area contributed by atoms with Crippen LogP contribution in [-0.2, 0) is 5.41 Å². The van der Waals surface area contributed by atoms with Crippen LogP contribution in [0.1, 0.15) is 35.3 Å². The van der Waals surface area contributed by atoms with E-state index in [1.165, 1.54) is 24.3 Å². The van der Waals surface area contributed by atoms with Crippen LogP contribution in [0.5, 0.6) is 5.75 Å². The number of carbonyl (C=O) groups is 1. The summed E-state index contributed by atoms with van der Waals surface area (Å²) in [5.74, 6) is -0.415. The van der Waals surface area contributed by atoms with Crippen LogP contribution in [0.2, 0.25) is 0 Å². The maximum absolute atomic E-state index is 12.9. The molecule has 3 aromatic carbocycles. The first-order valence-corrected chi connectivity index (χ1v) is 8.33. The second-order valence-electron chi connectivity index (χ2n) is 6.71. The lowest BCUT2D eigenvalue weighted by molar-refractivity contribution is 0.102. The fourth-order valence-electron chi connectivity index (χ4n) is 2.82. The molecule has 0 aliphatic heterocycles. The molecular formula is C22H20FNO2. The van der Waals surface area contributed by atoms with Gasteiger partial charge in [0.2, 0.25) is 0 Å². The van der Waals surface area contributed by atoms with Gasteiger partial charge in [0.25, 0.3) is 5.91 Å². The van der Waals surface area contributed by atoms with Gasteiger partial charge in [0.05, 0.1) is 0 Å². The molecule has 0 saturated heterocycles. The van der Waals surface area contributed by atoms with Gasteiger partial charge in [-0.05, 0) is 59.7 Å². The third-order valence-corrected chi connectivity index (χ3v) is 4.56. The Hall–Kier alpha value is -3.14. The molecule has 0 fully saturated rings. The van der Waals surface area contributed by atoms with Gasteiger partial charge in [-0.2, -0.15) is 0 Å². The molecule has 1 amide bonds. The number of hydrogen-bond acceptors (Lipinski definition) is 2. The number of rotatable bonds is 4. The fraction of sp³-hybridized carbons (Fsp3) is 0.136. The van der Waals surface area contributed by atoms with Gasteiger partial charge in [-0.25, -0.2) is 4.39 Å². The zero-order valence-corrected chi connectivity index (χ0v) is 14.7. The fourth-order valence-corrected chi connectivity index (χ4v) is 2.82. The molecule has 3 aromatic rings. The van der Waals surface area contributed by atoms with E-state index >= 15 is 0 Å². The Labute approximate surface area is 152 Å². The van der Waals surface area contributed by atoms with Crippen molar-refractivity contribution in [1.29, 1.82) is 0 Å². The molecule has 0 aliphatic rings. The van der Waals surface area contributed by atoms with Gasteiger partial charge in [-0.15, -0.1) is 0 Å². The maximum atomic E-state index is 12.9. The van der Waals surface area contributed by atoms with Gasteiger partial charge < -0.3 is 10.4 Å². The minimum atomic E-state index is -0.373. The predicted octanol–water partition coefficient (Wildman–Crippen LogP) is 5.11. The van der Waals surface area contributed by atoms with Crippen LogP contribution in [0.3, 0.4) is 0 Å². The van der Waals surface area contributed by atoms with Gasteiger partial charge in [-0.3, -0.25) is 4.79 Å². The van der Waals surface area contributed by atoms with Crippen molar-refractivity contribution in [2.75, 3.05) is 5.32 Å². The van der Waals surface area contributed by atoms with E-state index in [2.05, 4.69) is 19.2 Å². The molecule has 0 spiro atoms. The summed E-state index contributed by atoms with van der Waals surface area (Å²) in [5, 5.41) is 12.3. The number of phenolic OH excluding ortho intramolecular Hbond substituents is 1. The number of benzene rings is 3. The molecule has 4 heteroatoms. The third-order valence-electron chi connectivity index (χ3n) is 4.56. The Morgan fingerprint density at radius 3 is 1.88 bits per heavy atom. The first kappa shape index (κ1) is 17.7. The Morgan fingerprint density at radius 2 is 1.35 bits per heavy atom. The Balaban J connectivity index is 1.76. The summed E-state index contributed by atoms with van der Waals surface area (Å²) >= 11 is 0. The van der Waals surface area contributed by atoms with Gasteiger partial charge in [0.15, 0.2) is 0 Å². The van der Waals surface area contributed by atoms with Crippen molar-refractivity contribution in [3.63, 3.8) is 0 Å². The molecule has 0 radical (unpaired) electrons. The van der Waals surface area contributed by atoms with Crippen LogP contribution in [0, 0.1) is 5.82 Å². The number of phenols is 1. The van der Waals surface area contributed by atoms with E-state index in [-0.39, 0.29) is 22.9 Å². The summed E-state index contributed by atoms with van der Waals surface area (Å²) < 4.78 is 12.9. The van der Waals surface area contributed by atoms with Crippen LogP contribution < -0.4 is 5.32 Å². The monoisotopic (exact) mass is 349 g/mol. The lowest BCUT2D eigenvalue weighted by atomic mass is 9.78. The van der Waals surface area contributed by atoms with Gasteiger partial charge in [0, 0.05) is 16.7 Å². The van der Waals surface area contributed by atoms with E-state index in [0.29, 0.717) is 11.3 Å². The van der Waals surface area contributed by atoms with Crippen LogP contribution in [0.15, 0.2) is 72.8 Å². The molecule has 0 saturated carbocycles. The average Bonchev–Trinajstić information content (AvgIpc) is 2.63. The first-order valence-electron chi connectivity index (χ1n) is 8.33. The lowest BCUT2D eigenvalue weighted by Crippen LogP contribution is -2.19. The standard InChI is InChI=1S/C22H20FNO2/c1-22(2,17-7-13-20(25)14-8-17)16-5-11-19(12-6-16)24-21(26)15-3-9-18(23)10-4-15/h3-14,25H,1-2H3,(H,24,26). The Kier molecular flexibility index (Phi) is 4.76. The van der Waals surface area contributed by atoms with Crippen molar-refractivity contribution < 1.29 is 14.3 Å². The minimum Gasteiger partial charge on any atom is -0.508 e. The largest absolute Gasteiger partial charge is 0.508 e. The summed E-state index contributed by atoms with van der Waals surface area (Å²) in [6.45, 7) is 4.21. The Morgan fingerprint density at radius 1 is 0.846 bits per heavy atom. The second kappa shape index (κ2) is 7.00. The first-order chi connectivity index (χ1) is 12.4. The summed E-state index contributed by atoms with van der Waals surface area (Å²) in [5.41, 5.74) is 3.00. The number of halogens is 1. The van der Waals surface area contributed by atoms with Crippen molar-refractivity contribution in [3.8, 4) is 5.75 Å². The molecule has 132 valence electrons. The lowest BCUT2D eigenvalue weighted by Gasteiger charge is -2.26. The number of aromatic hydroxyl groups is 1. The van der Waals surface area contributed by atoms with Crippen LogP contribution in [0.25, 0.3) is 0 Å². The van der Waals surface area contributed by atoms with Gasteiger partial charge in [0.1, 0.15) is 11.6 Å². The summed E-state index contributed by atoms with van der Waals surface area (Å²) in [4.78, 5) is 12.2. The normalized spacial score (nSPS) is 11.2. The quantitative estimate of drug-likeness (QED) is 0.688. The zero-order chi connectivity index (χ0) is 18.7. The highest BCUT2D eigenvalue weighted by Crippen LogP contribution is 2.32. The van der Waals surface area contributed by atoms with Crippen molar-refractivity contribution >= 4 is 11.6 Å². The average molecular weight is 349 g/mol. The van der Waals surface area contributed by atoms with E-state index in [1.54, 1.807) is 12.1 Å². The van der Waals surface area contributed by atoms with Crippen LogP contribution >= 0.6 is 0 Å². The summed E-state index contributed by atoms with van der Waals surface area (Å²) in [6.07, 6.45) is 0. The molecule has 3 nitrogen and oxygen atoms in total. The van der Waals surface area contributed by atoms with Crippen molar-refractivity contribution in [3.05, 3.63) is 95.3 Å². The molecular weight excluding hydrogens is 329 g/mol. The molecule has 0 unspecified atom stereocenters. The highest BCUT2D eigenvalue weighted by molar-refractivity contribution is 6.04.